The average molecular weight is 344 g/mol. The zero-order chi connectivity index (χ0) is 15.4. The number of hydrogen-bond acceptors (Lipinski definition) is 4. The predicted octanol–water partition coefficient (Wildman–Crippen LogP) is 1.33. The van der Waals surface area contributed by atoms with Crippen molar-refractivity contribution >= 4 is 31.5 Å². The van der Waals surface area contributed by atoms with Crippen molar-refractivity contribution in [2.75, 3.05) is 18.6 Å². The minimum atomic E-state index is -3.50. The molecule has 9 heteroatoms. The van der Waals surface area contributed by atoms with Crippen LogP contribution in [0.2, 0.25) is 5.02 Å². The highest BCUT2D eigenvalue weighted by Crippen LogP contribution is 2.20. The predicted molar refractivity (Wildman–Crippen MR) is 76.4 cm³/mol. The number of rotatable bonds is 7. The van der Waals surface area contributed by atoms with Crippen LogP contribution in [-0.4, -0.2) is 35.4 Å². The van der Waals surface area contributed by atoms with E-state index in [9.17, 15) is 21.2 Å². The summed E-state index contributed by atoms with van der Waals surface area (Å²) in [6.07, 6.45) is -0.00960. The lowest BCUT2D eigenvalue weighted by Crippen LogP contribution is -2.23. The van der Waals surface area contributed by atoms with E-state index in [4.69, 9.17) is 11.6 Å². The second kappa shape index (κ2) is 6.84. The Morgan fingerprint density at radius 1 is 1.20 bits per heavy atom. The van der Waals surface area contributed by atoms with Crippen LogP contribution in [0.25, 0.3) is 0 Å². The molecule has 0 aliphatic rings. The third kappa shape index (κ3) is 5.74. The van der Waals surface area contributed by atoms with Crippen LogP contribution in [0, 0.1) is 5.82 Å². The van der Waals surface area contributed by atoms with E-state index in [0.29, 0.717) is 5.56 Å². The Morgan fingerprint density at radius 3 is 2.40 bits per heavy atom. The van der Waals surface area contributed by atoms with Crippen molar-refractivity contribution in [3.63, 3.8) is 0 Å². The van der Waals surface area contributed by atoms with Crippen LogP contribution in [0.3, 0.4) is 0 Å². The molecule has 0 amide bonds. The third-order valence-corrected chi connectivity index (χ3v) is 6.03. The standard InChI is InChI=1S/C11H15ClFNO4S2/c1-14-20(17,18)6-2-5-19(15,16)8-9-3-4-10(13)7-11(9)12/h3-4,7,14H,2,5-6,8H2,1H3. The molecule has 114 valence electrons. The maximum Gasteiger partial charge on any atom is 0.211 e. The Morgan fingerprint density at radius 2 is 1.85 bits per heavy atom. The van der Waals surface area contributed by atoms with E-state index in [1.807, 2.05) is 0 Å². The Bertz CT molecular complexity index is 674. The van der Waals surface area contributed by atoms with Gasteiger partial charge in [0.15, 0.2) is 9.84 Å². The van der Waals surface area contributed by atoms with Gasteiger partial charge in [0.25, 0.3) is 0 Å². The highest BCUT2D eigenvalue weighted by molar-refractivity contribution is 7.91. The molecule has 1 aromatic rings. The van der Waals surface area contributed by atoms with Gasteiger partial charge in [0.05, 0.1) is 17.3 Å². The average Bonchev–Trinajstić information content (AvgIpc) is 2.32. The Labute approximate surface area is 123 Å². The monoisotopic (exact) mass is 343 g/mol. The van der Waals surface area contributed by atoms with E-state index in [0.717, 1.165) is 12.1 Å². The summed E-state index contributed by atoms with van der Waals surface area (Å²) in [6.45, 7) is 0. The molecule has 0 heterocycles. The fourth-order valence-electron chi connectivity index (χ4n) is 1.52. The van der Waals surface area contributed by atoms with Crippen LogP contribution in [0.15, 0.2) is 18.2 Å². The van der Waals surface area contributed by atoms with Crippen molar-refractivity contribution < 1.29 is 21.2 Å². The summed E-state index contributed by atoms with van der Waals surface area (Å²) in [5, 5.41) is 0.0384. The molecule has 20 heavy (non-hydrogen) atoms. The highest BCUT2D eigenvalue weighted by atomic mass is 35.5. The van der Waals surface area contributed by atoms with Gasteiger partial charge in [-0.15, -0.1) is 0 Å². The molecule has 5 nitrogen and oxygen atoms in total. The molecule has 1 rings (SSSR count). The van der Waals surface area contributed by atoms with Crippen molar-refractivity contribution in [3.05, 3.63) is 34.6 Å². The number of benzene rings is 1. The minimum absolute atomic E-state index is 0.00960. The summed E-state index contributed by atoms with van der Waals surface area (Å²) in [6, 6.07) is 3.47. The number of nitrogens with one attached hydrogen (secondary N) is 1. The van der Waals surface area contributed by atoms with Gasteiger partial charge in [0.2, 0.25) is 10.0 Å². The smallest absolute Gasteiger partial charge is 0.211 e. The van der Waals surface area contributed by atoms with E-state index in [1.165, 1.54) is 13.1 Å². The summed E-state index contributed by atoms with van der Waals surface area (Å²) >= 11 is 5.75. The van der Waals surface area contributed by atoms with Gasteiger partial charge in [-0.05, 0) is 31.2 Å². The summed E-state index contributed by atoms with van der Waals surface area (Å²) in [7, 11) is -5.65. The first-order chi connectivity index (χ1) is 9.15. The molecule has 0 aliphatic heterocycles. The summed E-state index contributed by atoms with van der Waals surface area (Å²) in [5.74, 6) is -1.43. The first-order valence-electron chi connectivity index (χ1n) is 5.71. The zero-order valence-corrected chi connectivity index (χ0v) is 13.2. The van der Waals surface area contributed by atoms with Crippen LogP contribution in [-0.2, 0) is 25.6 Å². The maximum atomic E-state index is 12.8. The van der Waals surface area contributed by atoms with Gasteiger partial charge in [0, 0.05) is 5.02 Å². The van der Waals surface area contributed by atoms with Crippen LogP contribution in [0.5, 0.6) is 0 Å². The fraction of sp³-hybridized carbons (Fsp3) is 0.455. The fourth-order valence-corrected chi connectivity index (χ4v) is 4.20. The third-order valence-electron chi connectivity index (χ3n) is 2.57. The van der Waals surface area contributed by atoms with Gasteiger partial charge in [-0.2, -0.15) is 0 Å². The molecular weight excluding hydrogens is 329 g/mol. The number of sulfonamides is 1. The van der Waals surface area contributed by atoms with Gasteiger partial charge >= 0.3 is 0 Å². The minimum Gasteiger partial charge on any atom is -0.228 e. The van der Waals surface area contributed by atoms with E-state index < -0.39 is 25.7 Å². The molecule has 0 aliphatic carbocycles. The van der Waals surface area contributed by atoms with Crippen molar-refractivity contribution in [3.8, 4) is 0 Å². The van der Waals surface area contributed by atoms with Crippen molar-refractivity contribution in [2.24, 2.45) is 0 Å². The SMILES string of the molecule is CNS(=O)(=O)CCCS(=O)(=O)Cc1ccc(F)cc1Cl. The first-order valence-corrected chi connectivity index (χ1v) is 9.56. The Balaban J connectivity index is 2.66. The van der Waals surface area contributed by atoms with Crippen molar-refractivity contribution in [1.82, 2.24) is 4.72 Å². The highest BCUT2D eigenvalue weighted by Gasteiger charge is 2.16. The molecule has 0 saturated heterocycles. The molecule has 0 fully saturated rings. The largest absolute Gasteiger partial charge is 0.228 e. The van der Waals surface area contributed by atoms with Gasteiger partial charge in [-0.3, -0.25) is 0 Å². The molecule has 1 N–H and O–H groups in total. The van der Waals surface area contributed by atoms with E-state index >= 15 is 0 Å². The van der Waals surface area contributed by atoms with Crippen molar-refractivity contribution in [1.29, 1.82) is 0 Å². The first kappa shape index (κ1) is 17.4. The quantitative estimate of drug-likeness (QED) is 0.810. The number of hydrogen-bond donors (Lipinski definition) is 1. The second-order valence-electron chi connectivity index (χ2n) is 4.20. The summed E-state index contributed by atoms with van der Waals surface area (Å²) in [5.41, 5.74) is 0.296. The Kier molecular flexibility index (Phi) is 5.93. The molecular formula is C11H15ClFNO4S2. The van der Waals surface area contributed by atoms with Crippen LogP contribution in [0.1, 0.15) is 12.0 Å². The molecule has 1 aromatic carbocycles. The molecule has 0 atom stereocenters. The molecule has 0 radical (unpaired) electrons. The van der Waals surface area contributed by atoms with Gasteiger partial charge in [-0.25, -0.2) is 25.9 Å². The molecule has 0 spiro atoms. The number of halogens is 2. The Hall–Kier alpha value is -0.700. The normalized spacial score (nSPS) is 12.6. The molecule has 0 saturated carbocycles. The molecule has 0 aromatic heterocycles. The lowest BCUT2D eigenvalue weighted by atomic mass is 10.2. The molecule has 0 unspecified atom stereocenters. The van der Waals surface area contributed by atoms with Crippen molar-refractivity contribution in [2.45, 2.75) is 12.2 Å². The summed E-state index contributed by atoms with van der Waals surface area (Å²) in [4.78, 5) is 0. The van der Waals surface area contributed by atoms with E-state index in [1.54, 1.807) is 0 Å². The zero-order valence-electron chi connectivity index (χ0n) is 10.8. The topological polar surface area (TPSA) is 80.3 Å². The van der Waals surface area contributed by atoms with Gasteiger partial charge < -0.3 is 0 Å². The second-order valence-corrected chi connectivity index (χ2v) is 8.84. The van der Waals surface area contributed by atoms with E-state index in [-0.39, 0.29) is 28.7 Å². The van der Waals surface area contributed by atoms with E-state index in [2.05, 4.69) is 4.72 Å². The van der Waals surface area contributed by atoms with Crippen LogP contribution >= 0.6 is 11.6 Å². The maximum absolute atomic E-state index is 12.8. The number of sulfone groups is 1. The lowest BCUT2D eigenvalue weighted by Gasteiger charge is -2.07. The molecule has 0 bridgehead atoms. The van der Waals surface area contributed by atoms with Crippen LogP contribution < -0.4 is 4.72 Å². The summed E-state index contributed by atoms with van der Waals surface area (Å²) < 4.78 is 61.0. The lowest BCUT2D eigenvalue weighted by molar-refractivity contribution is 0.584. The van der Waals surface area contributed by atoms with Crippen LogP contribution in [0.4, 0.5) is 4.39 Å². The van der Waals surface area contributed by atoms with Gasteiger partial charge in [0.1, 0.15) is 5.82 Å². The van der Waals surface area contributed by atoms with Gasteiger partial charge in [-0.1, -0.05) is 17.7 Å².